The number of carbonyl (C=O) groups is 1. The molecule has 5 heteroatoms. The number of hydrazone groups is 1. The van der Waals surface area contributed by atoms with Crippen molar-refractivity contribution in [2.45, 2.75) is 19.5 Å². The third-order valence-electron chi connectivity index (χ3n) is 2.64. The van der Waals surface area contributed by atoms with Crippen LogP contribution in [0, 0.1) is 11.8 Å². The van der Waals surface area contributed by atoms with Gasteiger partial charge >= 0.3 is 5.97 Å². The highest BCUT2D eigenvalue weighted by molar-refractivity contribution is 5.95. The second-order valence-corrected chi connectivity index (χ2v) is 3.82. The van der Waals surface area contributed by atoms with Crippen LogP contribution in [0.15, 0.2) is 22.2 Å². The Morgan fingerprint density at radius 2 is 2.53 bits per heavy atom. The number of dihydropyridines is 1. The van der Waals surface area contributed by atoms with Gasteiger partial charge in [-0.2, -0.15) is 5.10 Å². The van der Waals surface area contributed by atoms with E-state index in [-0.39, 0.29) is 24.4 Å². The average molecular weight is 207 g/mol. The molecule has 0 aliphatic carbocycles. The Balaban J connectivity index is 2.08. The van der Waals surface area contributed by atoms with Gasteiger partial charge in [-0.05, 0) is 6.08 Å². The zero-order valence-corrected chi connectivity index (χ0v) is 8.42. The Labute approximate surface area is 87.6 Å². The van der Waals surface area contributed by atoms with Crippen molar-refractivity contribution in [2.24, 2.45) is 21.9 Å². The number of carboxylic acids is 1. The number of allylic oxidation sites excluding steroid dienone is 1. The predicted molar refractivity (Wildman–Crippen MR) is 56.9 cm³/mol. The number of nitrogens with zero attached hydrogens (tertiary/aromatic N) is 2. The molecule has 2 aliphatic rings. The van der Waals surface area contributed by atoms with Gasteiger partial charge in [-0.1, -0.05) is 13.0 Å². The van der Waals surface area contributed by atoms with Crippen molar-refractivity contribution in [2.75, 3.05) is 0 Å². The summed E-state index contributed by atoms with van der Waals surface area (Å²) in [4.78, 5) is 14.8. The van der Waals surface area contributed by atoms with E-state index >= 15 is 0 Å². The van der Waals surface area contributed by atoms with Gasteiger partial charge in [0, 0.05) is 12.1 Å². The molecule has 2 heterocycles. The van der Waals surface area contributed by atoms with Gasteiger partial charge in [-0.15, -0.1) is 0 Å². The molecule has 0 fully saturated rings. The Morgan fingerprint density at radius 3 is 3.27 bits per heavy atom. The van der Waals surface area contributed by atoms with Gasteiger partial charge < -0.3 is 5.11 Å². The number of carboxylic acid groups (broad SMARTS) is 1. The summed E-state index contributed by atoms with van der Waals surface area (Å²) in [5.74, 6) is -0.732. The van der Waals surface area contributed by atoms with E-state index in [0.29, 0.717) is 0 Å². The van der Waals surface area contributed by atoms with E-state index in [4.69, 9.17) is 5.11 Å². The molecule has 80 valence electrons. The van der Waals surface area contributed by atoms with Crippen LogP contribution in [-0.2, 0) is 4.79 Å². The SMILES string of the molecule is CC(CC(=O)O)C1=NNC2N=CC=CC12. The number of hydrogen-bond acceptors (Lipinski definition) is 4. The third kappa shape index (κ3) is 1.91. The maximum atomic E-state index is 10.6. The molecule has 0 aromatic rings. The highest BCUT2D eigenvalue weighted by Gasteiger charge is 2.33. The molecule has 0 radical (unpaired) electrons. The van der Waals surface area contributed by atoms with E-state index in [1.54, 1.807) is 6.21 Å². The Morgan fingerprint density at radius 1 is 1.73 bits per heavy atom. The van der Waals surface area contributed by atoms with Crippen LogP contribution in [0.25, 0.3) is 0 Å². The molecule has 0 spiro atoms. The van der Waals surface area contributed by atoms with E-state index in [0.717, 1.165) is 5.71 Å². The van der Waals surface area contributed by atoms with Crippen molar-refractivity contribution in [1.82, 2.24) is 5.43 Å². The molecule has 0 saturated carbocycles. The van der Waals surface area contributed by atoms with Crippen molar-refractivity contribution >= 4 is 17.9 Å². The number of rotatable bonds is 3. The molecular formula is C10H13N3O2. The lowest BCUT2D eigenvalue weighted by molar-refractivity contribution is -0.137. The fourth-order valence-electron chi connectivity index (χ4n) is 1.90. The van der Waals surface area contributed by atoms with Gasteiger partial charge in [0.2, 0.25) is 0 Å². The first-order chi connectivity index (χ1) is 7.18. The maximum Gasteiger partial charge on any atom is 0.303 e. The Bertz CT molecular complexity index is 360. The topological polar surface area (TPSA) is 74.0 Å². The van der Waals surface area contributed by atoms with Crippen LogP contribution in [-0.4, -0.2) is 29.2 Å². The summed E-state index contributed by atoms with van der Waals surface area (Å²) in [6.07, 6.45) is 5.68. The number of hydrogen-bond donors (Lipinski definition) is 2. The highest BCUT2D eigenvalue weighted by Crippen LogP contribution is 2.24. The molecule has 3 unspecified atom stereocenters. The average Bonchev–Trinajstić information content (AvgIpc) is 2.59. The van der Waals surface area contributed by atoms with Gasteiger partial charge in [0.25, 0.3) is 0 Å². The number of fused-ring (bicyclic) bond motifs is 1. The van der Waals surface area contributed by atoms with Crippen molar-refractivity contribution in [3.63, 3.8) is 0 Å². The minimum atomic E-state index is -0.794. The zero-order valence-electron chi connectivity index (χ0n) is 8.42. The molecule has 0 aromatic carbocycles. The van der Waals surface area contributed by atoms with Crippen molar-refractivity contribution in [3.8, 4) is 0 Å². The van der Waals surface area contributed by atoms with Gasteiger partial charge in [0.1, 0.15) is 6.17 Å². The summed E-state index contributed by atoms with van der Waals surface area (Å²) >= 11 is 0. The minimum Gasteiger partial charge on any atom is -0.481 e. The summed E-state index contributed by atoms with van der Waals surface area (Å²) in [7, 11) is 0. The summed E-state index contributed by atoms with van der Waals surface area (Å²) in [6, 6.07) is 0. The monoisotopic (exact) mass is 207 g/mol. The number of aliphatic imine (C=N–C) groups is 1. The van der Waals surface area contributed by atoms with E-state index in [2.05, 4.69) is 15.5 Å². The van der Waals surface area contributed by atoms with Gasteiger partial charge in [0.15, 0.2) is 0 Å². The molecule has 0 bridgehead atoms. The molecule has 0 saturated heterocycles. The quantitative estimate of drug-likeness (QED) is 0.713. The second-order valence-electron chi connectivity index (χ2n) is 3.82. The van der Waals surface area contributed by atoms with E-state index in [1.807, 2.05) is 19.1 Å². The predicted octanol–water partition coefficient (Wildman–Crippen LogP) is 0.639. The fraction of sp³-hybridized carbons (Fsp3) is 0.500. The lowest BCUT2D eigenvalue weighted by Gasteiger charge is -2.18. The van der Waals surface area contributed by atoms with Crippen LogP contribution < -0.4 is 5.43 Å². The maximum absolute atomic E-state index is 10.6. The third-order valence-corrected chi connectivity index (χ3v) is 2.64. The Hall–Kier alpha value is -1.65. The lowest BCUT2D eigenvalue weighted by atomic mass is 9.89. The summed E-state index contributed by atoms with van der Waals surface area (Å²) in [5.41, 5.74) is 3.79. The normalized spacial score (nSPS) is 29.3. The first-order valence-electron chi connectivity index (χ1n) is 4.93. The number of nitrogens with one attached hydrogen (secondary N) is 1. The molecule has 2 N–H and O–H groups in total. The van der Waals surface area contributed by atoms with Gasteiger partial charge in [0.05, 0.1) is 18.1 Å². The molecule has 0 amide bonds. The minimum absolute atomic E-state index is 0.0405. The summed E-state index contributed by atoms with van der Waals surface area (Å²) in [5, 5.41) is 12.9. The first kappa shape index (κ1) is 9.89. The summed E-state index contributed by atoms with van der Waals surface area (Å²) in [6.45, 7) is 1.88. The van der Waals surface area contributed by atoms with Gasteiger partial charge in [-0.25, -0.2) is 0 Å². The lowest BCUT2D eigenvalue weighted by Crippen LogP contribution is -2.30. The molecule has 0 aromatic heterocycles. The Kier molecular flexibility index (Phi) is 2.53. The number of aliphatic carboxylic acids is 1. The molecule has 2 rings (SSSR count). The molecular weight excluding hydrogens is 194 g/mol. The molecule has 15 heavy (non-hydrogen) atoms. The second kappa shape index (κ2) is 3.84. The van der Waals surface area contributed by atoms with E-state index < -0.39 is 5.97 Å². The fourth-order valence-corrected chi connectivity index (χ4v) is 1.90. The zero-order chi connectivity index (χ0) is 10.8. The van der Waals surface area contributed by atoms with Crippen LogP contribution in [0.1, 0.15) is 13.3 Å². The van der Waals surface area contributed by atoms with Crippen LogP contribution in [0.3, 0.4) is 0 Å². The van der Waals surface area contributed by atoms with Crippen molar-refractivity contribution in [1.29, 1.82) is 0 Å². The highest BCUT2D eigenvalue weighted by atomic mass is 16.4. The van der Waals surface area contributed by atoms with Crippen LogP contribution in [0.2, 0.25) is 0 Å². The van der Waals surface area contributed by atoms with Crippen LogP contribution >= 0.6 is 0 Å². The van der Waals surface area contributed by atoms with E-state index in [9.17, 15) is 4.79 Å². The summed E-state index contributed by atoms with van der Waals surface area (Å²) < 4.78 is 0. The van der Waals surface area contributed by atoms with Crippen LogP contribution in [0.5, 0.6) is 0 Å². The molecule has 5 nitrogen and oxygen atoms in total. The standard InChI is InChI=1S/C10H13N3O2/c1-6(5-8(14)15)9-7-3-2-4-11-10(7)13-12-9/h2-4,6-7,10,13H,5H2,1H3,(H,14,15). The van der Waals surface area contributed by atoms with Gasteiger partial charge in [-0.3, -0.25) is 15.2 Å². The largest absolute Gasteiger partial charge is 0.481 e. The van der Waals surface area contributed by atoms with Crippen molar-refractivity contribution in [3.05, 3.63) is 12.2 Å². The molecule has 3 atom stereocenters. The molecule has 2 aliphatic heterocycles. The van der Waals surface area contributed by atoms with E-state index in [1.165, 1.54) is 0 Å². The first-order valence-corrected chi connectivity index (χ1v) is 4.93. The van der Waals surface area contributed by atoms with Crippen molar-refractivity contribution < 1.29 is 9.90 Å². The van der Waals surface area contributed by atoms with Crippen LogP contribution in [0.4, 0.5) is 0 Å². The smallest absolute Gasteiger partial charge is 0.303 e.